The normalized spacial score (nSPS) is 12.8. The smallest absolute Gasteiger partial charge is 0.266 e. The number of phenols is 1. The molecule has 144 valence electrons. The van der Waals surface area contributed by atoms with E-state index in [9.17, 15) is 19.5 Å². The van der Waals surface area contributed by atoms with Crippen LogP contribution in [-0.2, 0) is 0 Å². The van der Waals surface area contributed by atoms with Gasteiger partial charge in [-0.2, -0.15) is 0 Å². The number of imide groups is 1. The third-order valence-corrected chi connectivity index (χ3v) is 5.00. The van der Waals surface area contributed by atoms with Crippen LogP contribution in [0.3, 0.4) is 0 Å². The molecule has 3 aromatic carbocycles. The maximum absolute atomic E-state index is 12.9. The first kappa shape index (κ1) is 18.4. The maximum Gasteiger partial charge on any atom is 0.266 e. The lowest BCUT2D eigenvalue weighted by atomic mass is 10.1. The van der Waals surface area contributed by atoms with Gasteiger partial charge in [-0.15, -0.1) is 0 Å². The van der Waals surface area contributed by atoms with Gasteiger partial charge >= 0.3 is 0 Å². The first-order chi connectivity index (χ1) is 13.8. The fourth-order valence-corrected chi connectivity index (χ4v) is 3.27. The number of benzene rings is 3. The third kappa shape index (κ3) is 3.25. The van der Waals surface area contributed by atoms with Crippen molar-refractivity contribution in [1.82, 2.24) is 0 Å². The van der Waals surface area contributed by atoms with Gasteiger partial charge < -0.3 is 10.4 Å². The molecule has 0 fully saturated rings. The molecule has 29 heavy (non-hydrogen) atoms. The van der Waals surface area contributed by atoms with Crippen LogP contribution in [0.1, 0.15) is 42.2 Å². The molecule has 3 aromatic rings. The molecule has 2 N–H and O–H groups in total. The van der Waals surface area contributed by atoms with Crippen molar-refractivity contribution in [2.75, 3.05) is 10.2 Å². The number of nitrogens with one attached hydrogen (secondary N) is 1. The molecule has 0 radical (unpaired) electrons. The average molecular weight is 386 g/mol. The van der Waals surface area contributed by atoms with Crippen LogP contribution < -0.4 is 10.2 Å². The molecule has 0 saturated carbocycles. The fraction of sp³-hybridized carbons (Fsp3) is 0.0870. The van der Waals surface area contributed by atoms with Gasteiger partial charge in [-0.05, 0) is 67.4 Å². The molecule has 0 saturated heterocycles. The fourth-order valence-electron chi connectivity index (χ4n) is 3.27. The number of aromatic hydroxyl groups is 1. The summed E-state index contributed by atoms with van der Waals surface area (Å²) in [7, 11) is 0. The molecule has 6 nitrogen and oxygen atoms in total. The van der Waals surface area contributed by atoms with E-state index >= 15 is 0 Å². The summed E-state index contributed by atoms with van der Waals surface area (Å²) in [5.74, 6) is -1.28. The zero-order valence-electron chi connectivity index (χ0n) is 15.9. The Hall–Kier alpha value is -3.93. The third-order valence-electron chi connectivity index (χ3n) is 5.00. The highest BCUT2D eigenvalue weighted by molar-refractivity contribution is 6.34. The summed E-state index contributed by atoms with van der Waals surface area (Å²) in [4.78, 5) is 39.4. The van der Waals surface area contributed by atoms with Gasteiger partial charge in [-0.25, -0.2) is 4.90 Å². The Morgan fingerprint density at radius 1 is 0.862 bits per heavy atom. The summed E-state index contributed by atoms with van der Waals surface area (Å²) in [5.41, 5.74) is 3.68. The number of nitrogens with zero attached hydrogens (tertiary/aromatic N) is 1. The number of hydrogen-bond acceptors (Lipinski definition) is 4. The number of hydrogen-bond donors (Lipinski definition) is 2. The Balaban J connectivity index is 1.64. The van der Waals surface area contributed by atoms with Crippen LogP contribution >= 0.6 is 0 Å². The SMILES string of the molecule is Cc1ccc(N2C(=O)c3ccc(C(=O)Nc4cccc(O)c4)cc3C2=O)cc1C. The Kier molecular flexibility index (Phi) is 4.39. The number of carbonyl (C=O) groups excluding carboxylic acids is 3. The summed E-state index contributed by atoms with van der Waals surface area (Å²) < 4.78 is 0. The molecule has 0 spiro atoms. The van der Waals surface area contributed by atoms with Crippen LogP contribution in [0.4, 0.5) is 11.4 Å². The van der Waals surface area contributed by atoms with E-state index in [0.29, 0.717) is 11.4 Å². The number of aryl methyl sites for hydroxylation is 2. The zero-order chi connectivity index (χ0) is 20.7. The van der Waals surface area contributed by atoms with E-state index in [0.717, 1.165) is 16.0 Å². The van der Waals surface area contributed by atoms with Gasteiger partial charge in [-0.3, -0.25) is 14.4 Å². The van der Waals surface area contributed by atoms with Crippen LogP contribution in [0.15, 0.2) is 60.7 Å². The maximum atomic E-state index is 12.9. The van der Waals surface area contributed by atoms with Gasteiger partial charge in [0, 0.05) is 17.3 Å². The predicted molar refractivity (Wildman–Crippen MR) is 110 cm³/mol. The minimum Gasteiger partial charge on any atom is -0.508 e. The number of anilines is 2. The van der Waals surface area contributed by atoms with Crippen LogP contribution in [-0.4, -0.2) is 22.8 Å². The number of amides is 3. The molecule has 0 unspecified atom stereocenters. The van der Waals surface area contributed by atoms with Crippen molar-refractivity contribution in [2.45, 2.75) is 13.8 Å². The Morgan fingerprint density at radius 2 is 1.62 bits per heavy atom. The topological polar surface area (TPSA) is 86.7 Å². The molecular formula is C23H18N2O4. The lowest BCUT2D eigenvalue weighted by Gasteiger charge is -2.15. The lowest BCUT2D eigenvalue weighted by molar-refractivity contribution is 0.0925. The lowest BCUT2D eigenvalue weighted by Crippen LogP contribution is -2.29. The van der Waals surface area contributed by atoms with Gasteiger partial charge in [0.2, 0.25) is 0 Å². The van der Waals surface area contributed by atoms with Crippen molar-refractivity contribution >= 4 is 29.1 Å². The standard InChI is InChI=1S/C23H18N2O4/c1-13-6-8-17(10-14(13)2)25-22(28)19-9-7-15(11-20(19)23(25)29)21(27)24-16-4-3-5-18(26)12-16/h3-12,26H,1-2H3,(H,24,27). The molecule has 0 aliphatic carbocycles. The van der Waals surface area contributed by atoms with Crippen molar-refractivity contribution in [3.63, 3.8) is 0 Å². The van der Waals surface area contributed by atoms with Crippen molar-refractivity contribution in [3.05, 3.63) is 88.5 Å². The highest BCUT2D eigenvalue weighted by Gasteiger charge is 2.37. The monoisotopic (exact) mass is 386 g/mol. The van der Waals surface area contributed by atoms with Crippen LogP contribution in [0.2, 0.25) is 0 Å². The number of carbonyl (C=O) groups is 3. The van der Waals surface area contributed by atoms with E-state index in [2.05, 4.69) is 5.32 Å². The van der Waals surface area contributed by atoms with E-state index in [1.807, 2.05) is 19.9 Å². The largest absolute Gasteiger partial charge is 0.508 e. The molecule has 0 aromatic heterocycles. The Bertz CT molecular complexity index is 1180. The second kappa shape index (κ2) is 6.91. The van der Waals surface area contributed by atoms with Crippen molar-refractivity contribution in [3.8, 4) is 5.75 Å². The summed E-state index contributed by atoms with van der Waals surface area (Å²) in [6.07, 6.45) is 0. The summed E-state index contributed by atoms with van der Waals surface area (Å²) >= 11 is 0. The van der Waals surface area contributed by atoms with E-state index in [-0.39, 0.29) is 22.4 Å². The quantitative estimate of drug-likeness (QED) is 0.665. The molecule has 3 amide bonds. The van der Waals surface area contributed by atoms with Gasteiger partial charge in [0.1, 0.15) is 5.75 Å². The van der Waals surface area contributed by atoms with E-state index in [1.165, 1.54) is 30.3 Å². The van der Waals surface area contributed by atoms with E-state index in [4.69, 9.17) is 0 Å². The molecule has 4 rings (SSSR count). The Morgan fingerprint density at radius 3 is 2.34 bits per heavy atom. The first-order valence-corrected chi connectivity index (χ1v) is 9.05. The van der Waals surface area contributed by atoms with Crippen LogP contribution in [0.25, 0.3) is 0 Å². The average Bonchev–Trinajstić information content (AvgIpc) is 2.94. The van der Waals surface area contributed by atoms with Gasteiger partial charge in [0.05, 0.1) is 16.8 Å². The molecular weight excluding hydrogens is 368 g/mol. The highest BCUT2D eigenvalue weighted by Crippen LogP contribution is 2.30. The summed E-state index contributed by atoms with van der Waals surface area (Å²) in [6, 6.07) is 16.0. The minimum atomic E-state index is -0.458. The van der Waals surface area contributed by atoms with Gasteiger partial charge in [0.15, 0.2) is 0 Å². The molecule has 0 bridgehead atoms. The second-order valence-corrected chi connectivity index (χ2v) is 6.98. The van der Waals surface area contributed by atoms with Crippen molar-refractivity contribution in [1.29, 1.82) is 0 Å². The first-order valence-electron chi connectivity index (χ1n) is 9.05. The van der Waals surface area contributed by atoms with Crippen molar-refractivity contribution < 1.29 is 19.5 Å². The Labute approximate surface area is 167 Å². The van der Waals surface area contributed by atoms with Gasteiger partial charge in [-0.1, -0.05) is 12.1 Å². The number of fused-ring (bicyclic) bond motifs is 1. The summed E-state index contributed by atoms with van der Waals surface area (Å²) in [6.45, 7) is 3.87. The molecule has 0 atom stereocenters. The number of phenolic OH excluding ortho intramolecular Hbond substituents is 1. The van der Waals surface area contributed by atoms with Crippen LogP contribution in [0.5, 0.6) is 5.75 Å². The summed E-state index contributed by atoms with van der Waals surface area (Å²) in [5, 5.41) is 12.2. The molecule has 6 heteroatoms. The van der Waals surface area contributed by atoms with E-state index < -0.39 is 17.7 Å². The molecule has 1 aliphatic heterocycles. The minimum absolute atomic E-state index is 0.0292. The highest BCUT2D eigenvalue weighted by atomic mass is 16.3. The van der Waals surface area contributed by atoms with E-state index in [1.54, 1.807) is 24.3 Å². The zero-order valence-corrected chi connectivity index (χ0v) is 15.9. The van der Waals surface area contributed by atoms with Crippen LogP contribution in [0, 0.1) is 13.8 Å². The predicted octanol–water partition coefficient (Wildman–Crippen LogP) is 4.06. The number of rotatable bonds is 3. The second-order valence-electron chi connectivity index (χ2n) is 6.98. The van der Waals surface area contributed by atoms with Crippen molar-refractivity contribution in [2.24, 2.45) is 0 Å². The van der Waals surface area contributed by atoms with Gasteiger partial charge in [0.25, 0.3) is 17.7 Å². The molecule has 1 aliphatic rings. The molecule has 1 heterocycles.